The van der Waals surface area contributed by atoms with Gasteiger partial charge in [0.25, 0.3) is 5.56 Å². The molecule has 5 nitrogen and oxygen atoms in total. The highest BCUT2D eigenvalue weighted by atomic mass is 16.5. The van der Waals surface area contributed by atoms with Gasteiger partial charge < -0.3 is 14.8 Å². The predicted molar refractivity (Wildman–Crippen MR) is 77.2 cm³/mol. The van der Waals surface area contributed by atoms with Gasteiger partial charge in [0.05, 0.1) is 12.2 Å². The molecule has 1 heterocycles. The maximum absolute atomic E-state index is 12.0. The van der Waals surface area contributed by atoms with Crippen molar-refractivity contribution in [1.82, 2.24) is 9.97 Å². The van der Waals surface area contributed by atoms with Crippen LogP contribution in [0, 0.1) is 0 Å². The lowest BCUT2D eigenvalue weighted by molar-refractivity contribution is 0.340. The van der Waals surface area contributed by atoms with E-state index in [0.717, 1.165) is 11.3 Å². The van der Waals surface area contributed by atoms with Gasteiger partial charge in [0.2, 0.25) is 5.88 Å². The molecule has 0 saturated carbocycles. The summed E-state index contributed by atoms with van der Waals surface area (Å²) in [5.74, 6) is 0.801. The van der Waals surface area contributed by atoms with E-state index in [1.807, 2.05) is 20.8 Å². The molecule has 2 aromatic rings. The van der Waals surface area contributed by atoms with Crippen LogP contribution in [0.15, 0.2) is 29.1 Å². The second-order valence-electron chi connectivity index (χ2n) is 4.76. The summed E-state index contributed by atoms with van der Waals surface area (Å²) in [7, 11) is 0. The number of hydrogen-bond donors (Lipinski definition) is 2. The predicted octanol–water partition coefficient (Wildman–Crippen LogP) is 2.66. The third-order valence-corrected chi connectivity index (χ3v) is 2.95. The zero-order valence-corrected chi connectivity index (χ0v) is 11.8. The van der Waals surface area contributed by atoms with E-state index < -0.39 is 0 Å². The van der Waals surface area contributed by atoms with Crippen LogP contribution in [-0.4, -0.2) is 21.7 Å². The number of ether oxygens (including phenoxy) is 1. The molecule has 0 amide bonds. The average molecular weight is 274 g/mol. The van der Waals surface area contributed by atoms with Gasteiger partial charge >= 0.3 is 0 Å². The zero-order chi connectivity index (χ0) is 14.7. The fourth-order valence-corrected chi connectivity index (χ4v) is 2.00. The van der Waals surface area contributed by atoms with Crippen LogP contribution < -0.4 is 10.3 Å². The summed E-state index contributed by atoms with van der Waals surface area (Å²) in [6, 6.07) is 7.17. The highest BCUT2D eigenvalue weighted by Gasteiger charge is 2.14. The molecular formula is C15H18N2O3. The minimum Gasteiger partial charge on any atom is -0.494 e. The molecule has 0 unspecified atom stereocenters. The molecular weight excluding hydrogens is 256 g/mol. The van der Waals surface area contributed by atoms with Crippen molar-refractivity contribution in [2.75, 3.05) is 6.61 Å². The second kappa shape index (κ2) is 5.77. The monoisotopic (exact) mass is 274 g/mol. The van der Waals surface area contributed by atoms with E-state index in [4.69, 9.17) is 4.74 Å². The third-order valence-electron chi connectivity index (χ3n) is 2.95. The molecule has 0 spiro atoms. The quantitative estimate of drug-likeness (QED) is 0.898. The molecule has 0 aliphatic rings. The van der Waals surface area contributed by atoms with E-state index in [2.05, 4.69) is 9.97 Å². The van der Waals surface area contributed by atoms with Gasteiger partial charge in [-0.3, -0.25) is 4.79 Å². The number of aromatic hydroxyl groups is 1. The molecule has 5 heteroatoms. The first-order valence-corrected chi connectivity index (χ1v) is 6.59. The minimum atomic E-state index is -0.309. The lowest BCUT2D eigenvalue weighted by Crippen LogP contribution is -2.16. The van der Waals surface area contributed by atoms with Crippen LogP contribution in [0.2, 0.25) is 0 Å². The first kappa shape index (κ1) is 14.1. The van der Waals surface area contributed by atoms with Crippen molar-refractivity contribution >= 4 is 0 Å². The smallest absolute Gasteiger partial charge is 0.258 e. The first-order chi connectivity index (χ1) is 9.52. The number of rotatable bonds is 4. The topological polar surface area (TPSA) is 75.2 Å². The number of aromatic amines is 1. The molecule has 2 N–H and O–H groups in total. The van der Waals surface area contributed by atoms with Crippen molar-refractivity contribution in [2.24, 2.45) is 0 Å². The Balaban J connectivity index is 2.41. The fourth-order valence-electron chi connectivity index (χ4n) is 2.00. The van der Waals surface area contributed by atoms with E-state index in [1.165, 1.54) is 0 Å². The van der Waals surface area contributed by atoms with Crippen LogP contribution in [0.4, 0.5) is 0 Å². The Kier molecular flexibility index (Phi) is 4.08. The van der Waals surface area contributed by atoms with Crippen LogP contribution in [0.5, 0.6) is 11.6 Å². The van der Waals surface area contributed by atoms with Crippen LogP contribution in [-0.2, 0) is 0 Å². The van der Waals surface area contributed by atoms with Gasteiger partial charge in [-0.1, -0.05) is 13.8 Å². The highest BCUT2D eigenvalue weighted by Crippen LogP contribution is 2.23. The summed E-state index contributed by atoms with van der Waals surface area (Å²) in [4.78, 5) is 18.7. The lowest BCUT2D eigenvalue weighted by Gasteiger charge is -2.09. The molecule has 0 aliphatic carbocycles. The summed E-state index contributed by atoms with van der Waals surface area (Å²) in [5.41, 5.74) is 0.715. The summed E-state index contributed by atoms with van der Waals surface area (Å²) >= 11 is 0. The van der Waals surface area contributed by atoms with Gasteiger partial charge in [-0.25, -0.2) is 0 Å². The van der Waals surface area contributed by atoms with Gasteiger partial charge in [0, 0.05) is 5.56 Å². The Morgan fingerprint density at radius 3 is 2.45 bits per heavy atom. The molecule has 2 rings (SSSR count). The molecule has 0 radical (unpaired) electrons. The average Bonchev–Trinajstić information content (AvgIpc) is 2.38. The molecule has 20 heavy (non-hydrogen) atoms. The molecule has 0 aliphatic heterocycles. The van der Waals surface area contributed by atoms with Crippen molar-refractivity contribution in [1.29, 1.82) is 0 Å². The van der Waals surface area contributed by atoms with E-state index in [0.29, 0.717) is 18.0 Å². The van der Waals surface area contributed by atoms with Crippen molar-refractivity contribution in [3.63, 3.8) is 0 Å². The van der Waals surface area contributed by atoms with Crippen molar-refractivity contribution < 1.29 is 9.84 Å². The Hall–Kier alpha value is -2.30. The summed E-state index contributed by atoms with van der Waals surface area (Å²) in [5, 5.41) is 9.89. The number of hydrogen-bond acceptors (Lipinski definition) is 4. The van der Waals surface area contributed by atoms with Gasteiger partial charge in [0.15, 0.2) is 0 Å². The minimum absolute atomic E-state index is 0.0827. The molecule has 0 fully saturated rings. The molecule has 0 saturated heterocycles. The molecule has 106 valence electrons. The standard InChI is InChI=1S/C15H18N2O3/c1-4-20-11-7-5-10(6-8-11)13-16-14(18)12(9(2)3)15(19)17-13/h5-9H,4H2,1-3H3,(H2,16,17,18,19). The Morgan fingerprint density at radius 2 is 1.95 bits per heavy atom. The van der Waals surface area contributed by atoms with Crippen molar-refractivity contribution in [3.8, 4) is 23.0 Å². The maximum Gasteiger partial charge on any atom is 0.258 e. The fraction of sp³-hybridized carbons (Fsp3) is 0.333. The van der Waals surface area contributed by atoms with Crippen LogP contribution in [0.1, 0.15) is 32.3 Å². The molecule has 1 aromatic heterocycles. The summed E-state index contributed by atoms with van der Waals surface area (Å²) in [6.07, 6.45) is 0. The normalized spacial score (nSPS) is 10.8. The third kappa shape index (κ3) is 2.82. The number of benzene rings is 1. The van der Waals surface area contributed by atoms with Crippen LogP contribution in [0.3, 0.4) is 0 Å². The van der Waals surface area contributed by atoms with E-state index in [9.17, 15) is 9.90 Å². The Labute approximate surface area is 117 Å². The number of nitrogens with one attached hydrogen (secondary N) is 1. The Bertz CT molecular complexity index is 645. The van der Waals surface area contributed by atoms with Crippen LogP contribution in [0.25, 0.3) is 11.4 Å². The number of aromatic nitrogens is 2. The SMILES string of the molecule is CCOc1ccc(-c2nc(O)c(C(C)C)c(=O)[nH]2)cc1. The van der Waals surface area contributed by atoms with Gasteiger partial charge in [-0.15, -0.1) is 0 Å². The highest BCUT2D eigenvalue weighted by molar-refractivity contribution is 5.57. The molecule has 0 atom stereocenters. The maximum atomic E-state index is 12.0. The number of nitrogens with zero attached hydrogens (tertiary/aromatic N) is 1. The van der Waals surface area contributed by atoms with E-state index in [-0.39, 0.29) is 17.4 Å². The second-order valence-corrected chi connectivity index (χ2v) is 4.76. The van der Waals surface area contributed by atoms with Crippen molar-refractivity contribution in [2.45, 2.75) is 26.7 Å². The van der Waals surface area contributed by atoms with Crippen molar-refractivity contribution in [3.05, 3.63) is 40.2 Å². The van der Waals surface area contributed by atoms with Gasteiger partial charge in [-0.2, -0.15) is 4.98 Å². The van der Waals surface area contributed by atoms with E-state index >= 15 is 0 Å². The molecule has 1 aromatic carbocycles. The van der Waals surface area contributed by atoms with Crippen LogP contribution >= 0.6 is 0 Å². The zero-order valence-electron chi connectivity index (χ0n) is 11.8. The van der Waals surface area contributed by atoms with Gasteiger partial charge in [0.1, 0.15) is 11.6 Å². The Morgan fingerprint density at radius 1 is 1.30 bits per heavy atom. The lowest BCUT2D eigenvalue weighted by atomic mass is 10.1. The summed E-state index contributed by atoms with van der Waals surface area (Å²) < 4.78 is 5.35. The first-order valence-electron chi connectivity index (χ1n) is 6.59. The number of H-pyrrole nitrogens is 1. The van der Waals surface area contributed by atoms with Gasteiger partial charge in [-0.05, 0) is 37.1 Å². The summed E-state index contributed by atoms with van der Waals surface area (Å²) in [6.45, 7) is 6.18. The van der Waals surface area contributed by atoms with E-state index in [1.54, 1.807) is 24.3 Å². The molecule has 0 bridgehead atoms. The largest absolute Gasteiger partial charge is 0.494 e.